The predicted molar refractivity (Wildman–Crippen MR) is 134 cm³/mol. The van der Waals surface area contributed by atoms with Gasteiger partial charge >= 0.3 is 6.18 Å². The number of nitrogens with zero attached hydrogens (tertiary/aromatic N) is 4. The molecule has 8 nitrogen and oxygen atoms in total. The van der Waals surface area contributed by atoms with E-state index in [1.807, 2.05) is 12.1 Å². The van der Waals surface area contributed by atoms with Gasteiger partial charge in [-0.15, -0.1) is 0 Å². The highest BCUT2D eigenvalue weighted by molar-refractivity contribution is 5.85. The molecule has 1 saturated heterocycles. The average molecular weight is 526 g/mol. The molecular weight excluding hydrogens is 499 g/mol. The fraction of sp³-hybridized carbons (Fsp3) is 0.333. The summed E-state index contributed by atoms with van der Waals surface area (Å²) in [6.45, 7) is 0.733. The monoisotopic (exact) mass is 525 g/mol. The number of halogens is 3. The van der Waals surface area contributed by atoms with Crippen molar-refractivity contribution in [1.82, 2.24) is 15.3 Å². The van der Waals surface area contributed by atoms with Gasteiger partial charge in [0.15, 0.2) is 11.5 Å². The number of benzene rings is 2. The van der Waals surface area contributed by atoms with E-state index >= 15 is 0 Å². The van der Waals surface area contributed by atoms with Gasteiger partial charge in [-0.05, 0) is 55.2 Å². The van der Waals surface area contributed by atoms with Gasteiger partial charge < -0.3 is 19.7 Å². The summed E-state index contributed by atoms with van der Waals surface area (Å²) in [5.41, 5.74) is 1.95. The Hall–Kier alpha value is -4.33. The van der Waals surface area contributed by atoms with E-state index in [2.05, 4.69) is 21.4 Å². The topological polar surface area (TPSA) is 100 Å². The van der Waals surface area contributed by atoms with Crippen molar-refractivity contribution in [1.29, 1.82) is 5.26 Å². The molecule has 0 aliphatic carbocycles. The molecular formula is C27H26F3N5O3. The molecule has 0 spiro atoms. The van der Waals surface area contributed by atoms with Gasteiger partial charge in [0, 0.05) is 24.7 Å². The Kier molecular flexibility index (Phi) is 8.00. The van der Waals surface area contributed by atoms with Crippen molar-refractivity contribution < 1.29 is 27.4 Å². The summed E-state index contributed by atoms with van der Waals surface area (Å²) in [4.78, 5) is 22.2. The zero-order chi connectivity index (χ0) is 27.3. The van der Waals surface area contributed by atoms with Crippen LogP contribution in [-0.2, 0) is 17.4 Å². The number of nitrogens with one attached hydrogen (secondary N) is 1. The summed E-state index contributed by atoms with van der Waals surface area (Å²) < 4.78 is 51.8. The van der Waals surface area contributed by atoms with Crippen LogP contribution in [0.4, 0.5) is 19.0 Å². The number of methoxy groups -OCH3 is 2. The van der Waals surface area contributed by atoms with E-state index in [1.54, 1.807) is 35.2 Å². The van der Waals surface area contributed by atoms with Gasteiger partial charge in [-0.3, -0.25) is 4.79 Å². The molecule has 1 aliphatic heterocycles. The fourth-order valence-electron chi connectivity index (χ4n) is 4.36. The number of alkyl halides is 3. The van der Waals surface area contributed by atoms with Gasteiger partial charge in [0.25, 0.3) is 0 Å². The number of ether oxygens (including phenoxy) is 2. The van der Waals surface area contributed by atoms with Crippen LogP contribution in [0.25, 0.3) is 11.3 Å². The molecule has 38 heavy (non-hydrogen) atoms. The smallest absolute Gasteiger partial charge is 0.451 e. The van der Waals surface area contributed by atoms with Crippen LogP contribution in [0.15, 0.2) is 48.5 Å². The van der Waals surface area contributed by atoms with Crippen molar-refractivity contribution in [3.05, 3.63) is 65.5 Å². The SMILES string of the molecule is COc1ccc(-c2cc(N3CCCC3C(=O)NCCc3ccc(C#N)cc3)nc(C(F)(F)F)n2)cc1OC. The number of anilines is 1. The normalized spacial score (nSPS) is 15.2. The molecule has 0 saturated carbocycles. The Morgan fingerprint density at radius 1 is 1.11 bits per heavy atom. The second-order valence-corrected chi connectivity index (χ2v) is 8.70. The first-order chi connectivity index (χ1) is 18.2. The quantitative estimate of drug-likeness (QED) is 0.466. The summed E-state index contributed by atoms with van der Waals surface area (Å²) >= 11 is 0. The van der Waals surface area contributed by atoms with Crippen LogP contribution in [-0.4, -0.2) is 49.2 Å². The molecule has 1 unspecified atom stereocenters. The zero-order valence-electron chi connectivity index (χ0n) is 20.9. The third-order valence-electron chi connectivity index (χ3n) is 6.29. The lowest BCUT2D eigenvalue weighted by Crippen LogP contribution is -2.44. The first-order valence-corrected chi connectivity index (χ1v) is 12.0. The first-order valence-electron chi connectivity index (χ1n) is 12.0. The van der Waals surface area contributed by atoms with E-state index in [4.69, 9.17) is 14.7 Å². The van der Waals surface area contributed by atoms with E-state index in [9.17, 15) is 18.0 Å². The average Bonchev–Trinajstić information content (AvgIpc) is 3.42. The Morgan fingerprint density at radius 2 is 1.84 bits per heavy atom. The summed E-state index contributed by atoms with van der Waals surface area (Å²) in [6.07, 6.45) is -3.11. The standard InChI is InChI=1S/C27H26F3N5O3/c1-37-22-10-9-19(14-23(22)38-2)20-15-24(34-26(33-20)27(28,29)30)35-13-3-4-21(35)25(36)32-12-11-17-5-7-18(16-31)8-6-17/h5-10,14-15,21H,3-4,11-13H2,1-2H3,(H,32,36). The van der Waals surface area contributed by atoms with Crippen molar-refractivity contribution in [2.75, 3.05) is 32.2 Å². The van der Waals surface area contributed by atoms with Crippen LogP contribution in [0, 0.1) is 11.3 Å². The van der Waals surface area contributed by atoms with Crippen molar-refractivity contribution in [2.24, 2.45) is 0 Å². The van der Waals surface area contributed by atoms with Crippen LogP contribution in [0.3, 0.4) is 0 Å². The van der Waals surface area contributed by atoms with Crippen molar-refractivity contribution >= 4 is 11.7 Å². The van der Waals surface area contributed by atoms with E-state index < -0.39 is 18.0 Å². The molecule has 3 aromatic rings. The van der Waals surface area contributed by atoms with Gasteiger partial charge in [0.05, 0.1) is 31.5 Å². The second kappa shape index (κ2) is 11.4. The van der Waals surface area contributed by atoms with Crippen LogP contribution in [0.5, 0.6) is 11.5 Å². The summed E-state index contributed by atoms with van der Waals surface area (Å²) in [7, 11) is 2.90. The second-order valence-electron chi connectivity index (χ2n) is 8.70. The molecule has 0 bridgehead atoms. The fourth-order valence-corrected chi connectivity index (χ4v) is 4.36. The maximum absolute atomic E-state index is 13.8. The zero-order valence-corrected chi connectivity index (χ0v) is 20.9. The molecule has 1 aromatic heterocycles. The first kappa shape index (κ1) is 26.7. The summed E-state index contributed by atoms with van der Waals surface area (Å²) in [6, 6.07) is 14.6. The van der Waals surface area contributed by atoms with Gasteiger partial charge in [0.1, 0.15) is 11.9 Å². The number of carbonyl (C=O) groups is 1. The highest BCUT2D eigenvalue weighted by Crippen LogP contribution is 2.36. The number of rotatable bonds is 8. The number of nitriles is 1. The number of hydrogen-bond acceptors (Lipinski definition) is 7. The molecule has 1 amide bonds. The Morgan fingerprint density at radius 3 is 2.50 bits per heavy atom. The number of hydrogen-bond donors (Lipinski definition) is 1. The minimum absolute atomic E-state index is 0.0295. The third kappa shape index (κ3) is 5.96. The lowest BCUT2D eigenvalue weighted by atomic mass is 10.1. The summed E-state index contributed by atoms with van der Waals surface area (Å²) in [5.74, 6) is -0.761. The van der Waals surface area contributed by atoms with Crippen molar-refractivity contribution in [3.63, 3.8) is 0 Å². The largest absolute Gasteiger partial charge is 0.493 e. The van der Waals surface area contributed by atoms with Gasteiger partial charge in [-0.25, -0.2) is 9.97 Å². The molecule has 1 atom stereocenters. The van der Waals surface area contributed by atoms with Crippen LogP contribution < -0.4 is 19.7 Å². The molecule has 198 valence electrons. The van der Waals surface area contributed by atoms with E-state index in [1.165, 1.54) is 20.3 Å². The minimum Gasteiger partial charge on any atom is -0.493 e. The molecule has 2 heterocycles. The molecule has 0 radical (unpaired) electrons. The summed E-state index contributed by atoms with van der Waals surface area (Å²) in [5, 5.41) is 11.8. The van der Waals surface area contributed by atoms with E-state index in [0.717, 1.165) is 5.56 Å². The Labute approximate surface area is 218 Å². The van der Waals surface area contributed by atoms with Gasteiger partial charge in [-0.2, -0.15) is 18.4 Å². The Balaban J connectivity index is 1.56. The minimum atomic E-state index is -4.78. The number of aromatic nitrogens is 2. The molecule has 4 rings (SSSR count). The van der Waals surface area contributed by atoms with Gasteiger partial charge in [-0.1, -0.05) is 12.1 Å². The molecule has 1 fully saturated rings. The maximum atomic E-state index is 13.8. The molecule has 11 heteroatoms. The predicted octanol–water partition coefficient (Wildman–Crippen LogP) is 4.38. The lowest BCUT2D eigenvalue weighted by molar-refractivity contribution is -0.144. The molecule has 2 aromatic carbocycles. The van der Waals surface area contributed by atoms with Crippen LogP contribution in [0.2, 0.25) is 0 Å². The third-order valence-corrected chi connectivity index (χ3v) is 6.29. The van der Waals surface area contributed by atoms with E-state index in [-0.39, 0.29) is 17.4 Å². The lowest BCUT2D eigenvalue weighted by Gasteiger charge is -2.26. The van der Waals surface area contributed by atoms with Crippen molar-refractivity contribution in [2.45, 2.75) is 31.5 Å². The van der Waals surface area contributed by atoms with Crippen molar-refractivity contribution in [3.8, 4) is 28.8 Å². The van der Waals surface area contributed by atoms with Gasteiger partial charge in [0.2, 0.25) is 11.7 Å². The molecule has 1 aliphatic rings. The maximum Gasteiger partial charge on any atom is 0.451 e. The van der Waals surface area contributed by atoms with Crippen LogP contribution >= 0.6 is 0 Å². The van der Waals surface area contributed by atoms with Crippen LogP contribution in [0.1, 0.15) is 29.8 Å². The number of amides is 1. The highest BCUT2D eigenvalue weighted by atomic mass is 19.4. The van der Waals surface area contributed by atoms with E-state index in [0.29, 0.717) is 55.0 Å². The number of carbonyl (C=O) groups excluding carboxylic acids is 1. The molecule has 1 N–H and O–H groups in total. The highest BCUT2D eigenvalue weighted by Gasteiger charge is 2.38. The Bertz CT molecular complexity index is 1340.